The van der Waals surface area contributed by atoms with Crippen LogP contribution in [0.25, 0.3) is 5.69 Å². The van der Waals surface area contributed by atoms with E-state index in [4.69, 9.17) is 0 Å². The number of hydrogen-bond acceptors (Lipinski definition) is 3. The van der Waals surface area contributed by atoms with Gasteiger partial charge in [0.2, 0.25) is 0 Å². The van der Waals surface area contributed by atoms with Crippen LogP contribution >= 0.6 is 0 Å². The zero-order chi connectivity index (χ0) is 26.5. The van der Waals surface area contributed by atoms with Crippen molar-refractivity contribution in [2.75, 3.05) is 0 Å². The molecule has 5 rings (SSSR count). The lowest BCUT2D eigenvalue weighted by Gasteiger charge is -2.32. The number of carboxylic acids is 1. The molecule has 3 N–H and O–H groups in total. The quantitative estimate of drug-likeness (QED) is 0.423. The minimum atomic E-state index is -0.965. The Labute approximate surface area is 220 Å². The van der Waals surface area contributed by atoms with Gasteiger partial charge < -0.3 is 20.1 Å². The average molecular weight is 507 g/mol. The summed E-state index contributed by atoms with van der Waals surface area (Å²) in [4.78, 5) is 24.6. The van der Waals surface area contributed by atoms with Crippen molar-refractivity contribution in [1.29, 1.82) is 0 Å². The Morgan fingerprint density at radius 3 is 2.38 bits per heavy atom. The Kier molecular flexibility index (Phi) is 6.76. The molecule has 1 aromatic carbocycles. The third-order valence-corrected chi connectivity index (χ3v) is 9.26. The van der Waals surface area contributed by atoms with Gasteiger partial charge in [0, 0.05) is 23.6 Å². The van der Waals surface area contributed by atoms with Crippen molar-refractivity contribution in [1.82, 2.24) is 9.88 Å². The number of amides is 1. The minimum Gasteiger partial charge on any atom is -0.481 e. The molecule has 0 spiro atoms. The monoisotopic (exact) mass is 506 g/mol. The van der Waals surface area contributed by atoms with E-state index in [9.17, 15) is 19.8 Å². The smallest absolute Gasteiger partial charge is 0.306 e. The van der Waals surface area contributed by atoms with E-state index in [2.05, 4.69) is 35.0 Å². The number of carboxylic acid groups (broad SMARTS) is 1. The minimum absolute atomic E-state index is 0.0851. The van der Waals surface area contributed by atoms with Gasteiger partial charge in [0.1, 0.15) is 0 Å². The van der Waals surface area contributed by atoms with Crippen LogP contribution in [0.2, 0.25) is 0 Å². The zero-order valence-corrected chi connectivity index (χ0v) is 22.8. The molecule has 37 heavy (non-hydrogen) atoms. The van der Waals surface area contributed by atoms with Crippen LogP contribution in [0.4, 0.5) is 0 Å². The molecule has 1 amide bonds. The first kappa shape index (κ1) is 26.0. The first-order valence-electron chi connectivity index (χ1n) is 14.1. The first-order valence-corrected chi connectivity index (χ1v) is 14.1. The number of carbonyl (C=O) groups is 2. The second-order valence-corrected chi connectivity index (χ2v) is 12.8. The fraction of sp³-hybridized carbons (Fsp3) is 0.613. The fourth-order valence-corrected chi connectivity index (χ4v) is 6.14. The molecule has 0 aliphatic heterocycles. The van der Waals surface area contributed by atoms with Gasteiger partial charge in [-0.1, -0.05) is 45.1 Å². The molecule has 0 saturated heterocycles. The van der Waals surface area contributed by atoms with Crippen LogP contribution in [0.3, 0.4) is 0 Å². The summed E-state index contributed by atoms with van der Waals surface area (Å²) >= 11 is 0. The number of carbonyl (C=O) groups excluding carboxylic acids is 1. The maximum Gasteiger partial charge on any atom is 0.306 e. The molecule has 0 radical (unpaired) electrons. The van der Waals surface area contributed by atoms with Gasteiger partial charge in [-0.05, 0) is 93.0 Å². The van der Waals surface area contributed by atoms with Gasteiger partial charge in [0.25, 0.3) is 5.91 Å². The average Bonchev–Trinajstić information content (AvgIpc) is 3.50. The van der Waals surface area contributed by atoms with E-state index < -0.39 is 11.6 Å². The van der Waals surface area contributed by atoms with E-state index in [1.165, 1.54) is 43.4 Å². The molecule has 6 nitrogen and oxygen atoms in total. The second-order valence-electron chi connectivity index (χ2n) is 12.8. The standard InChI is InChI=1S/C31H42N2O4/c1-19-26(28(34)32-24-13-21(14-24)29(35)36)18-33(27(19)12-20-8-6-5-7-9-20)25-16-22(30(2,3)37)15-23(17-25)31(4)10-11-31/h15-18,20-21,24,37H,5-14H2,1-4H3,(H,32,34)(H,35,36). The molecule has 0 unspecified atom stereocenters. The van der Waals surface area contributed by atoms with Crippen molar-refractivity contribution in [3.8, 4) is 5.69 Å². The van der Waals surface area contributed by atoms with Gasteiger partial charge in [0.15, 0.2) is 0 Å². The first-order chi connectivity index (χ1) is 17.4. The molecule has 3 fully saturated rings. The van der Waals surface area contributed by atoms with Crippen molar-refractivity contribution in [3.63, 3.8) is 0 Å². The van der Waals surface area contributed by atoms with Gasteiger partial charge in [0.05, 0.1) is 17.1 Å². The molecule has 1 aromatic heterocycles. The van der Waals surface area contributed by atoms with E-state index in [0.29, 0.717) is 24.3 Å². The maximum atomic E-state index is 13.4. The highest BCUT2D eigenvalue weighted by Gasteiger charge is 2.40. The summed E-state index contributed by atoms with van der Waals surface area (Å²) in [7, 11) is 0. The summed E-state index contributed by atoms with van der Waals surface area (Å²) in [6, 6.07) is 6.39. The summed E-state index contributed by atoms with van der Waals surface area (Å²) in [5.74, 6) is -0.653. The molecule has 3 saturated carbocycles. The van der Waals surface area contributed by atoms with Gasteiger partial charge in [-0.3, -0.25) is 9.59 Å². The number of nitrogens with zero attached hydrogens (tertiary/aromatic N) is 1. The van der Waals surface area contributed by atoms with Crippen molar-refractivity contribution in [2.45, 2.75) is 109 Å². The molecule has 3 aliphatic rings. The molecular weight excluding hydrogens is 464 g/mol. The Hall–Kier alpha value is -2.60. The van der Waals surface area contributed by atoms with Gasteiger partial charge in [-0.15, -0.1) is 0 Å². The van der Waals surface area contributed by atoms with E-state index >= 15 is 0 Å². The van der Waals surface area contributed by atoms with Gasteiger partial charge >= 0.3 is 5.97 Å². The van der Waals surface area contributed by atoms with Crippen LogP contribution in [-0.2, 0) is 22.2 Å². The van der Waals surface area contributed by atoms with Crippen molar-refractivity contribution >= 4 is 11.9 Å². The van der Waals surface area contributed by atoms with E-state index in [-0.39, 0.29) is 23.3 Å². The molecule has 1 heterocycles. The lowest BCUT2D eigenvalue weighted by Crippen LogP contribution is -2.46. The van der Waals surface area contributed by atoms with Crippen LogP contribution in [0.1, 0.15) is 111 Å². The van der Waals surface area contributed by atoms with Crippen LogP contribution in [-0.4, -0.2) is 32.7 Å². The van der Waals surface area contributed by atoms with Gasteiger partial charge in [-0.2, -0.15) is 0 Å². The molecule has 2 aromatic rings. The van der Waals surface area contributed by atoms with E-state index in [1.807, 2.05) is 27.0 Å². The highest BCUT2D eigenvalue weighted by Crippen LogP contribution is 2.49. The molecule has 200 valence electrons. The Morgan fingerprint density at radius 1 is 1.11 bits per heavy atom. The molecular formula is C31H42N2O4. The number of nitrogens with one attached hydrogen (secondary N) is 1. The van der Waals surface area contributed by atoms with Gasteiger partial charge in [-0.25, -0.2) is 0 Å². The summed E-state index contributed by atoms with van der Waals surface area (Å²) in [6.07, 6.45) is 12.5. The van der Waals surface area contributed by atoms with Crippen LogP contribution in [0.15, 0.2) is 24.4 Å². The Bertz CT molecular complexity index is 1170. The third kappa shape index (κ3) is 5.36. The number of benzene rings is 1. The molecule has 0 atom stereocenters. The Balaban J connectivity index is 1.52. The summed E-state index contributed by atoms with van der Waals surface area (Å²) in [5, 5.41) is 23.2. The zero-order valence-electron chi connectivity index (χ0n) is 22.8. The number of hydrogen-bond donors (Lipinski definition) is 3. The second kappa shape index (κ2) is 9.61. The van der Waals surface area contributed by atoms with Crippen molar-refractivity contribution < 1.29 is 19.8 Å². The lowest BCUT2D eigenvalue weighted by atomic mass is 9.80. The third-order valence-electron chi connectivity index (χ3n) is 9.26. The summed E-state index contributed by atoms with van der Waals surface area (Å²) < 4.78 is 2.20. The highest BCUT2D eigenvalue weighted by molar-refractivity contribution is 5.96. The number of aliphatic hydroxyl groups is 1. The number of aliphatic carboxylic acids is 1. The molecule has 3 aliphatic carbocycles. The van der Waals surface area contributed by atoms with Crippen LogP contribution in [0, 0.1) is 18.8 Å². The molecule has 6 heteroatoms. The predicted octanol–water partition coefficient (Wildman–Crippen LogP) is 5.78. The number of rotatable bonds is 8. The highest BCUT2D eigenvalue weighted by atomic mass is 16.4. The topological polar surface area (TPSA) is 91.6 Å². The number of aromatic nitrogens is 1. The maximum absolute atomic E-state index is 13.4. The van der Waals surface area contributed by atoms with Crippen molar-refractivity contribution in [2.24, 2.45) is 11.8 Å². The Morgan fingerprint density at radius 2 is 1.78 bits per heavy atom. The van der Waals surface area contributed by atoms with Crippen LogP contribution in [0.5, 0.6) is 0 Å². The fourth-order valence-electron chi connectivity index (χ4n) is 6.14. The summed E-state index contributed by atoms with van der Waals surface area (Å²) in [6.45, 7) is 7.99. The SMILES string of the molecule is Cc1c(C(=O)NC2CC(C(=O)O)C2)cn(-c2cc(C(C)(C)O)cc(C3(C)CC3)c2)c1CC1CCCCC1. The van der Waals surface area contributed by atoms with E-state index in [1.54, 1.807) is 0 Å². The largest absolute Gasteiger partial charge is 0.481 e. The van der Waals surface area contributed by atoms with E-state index in [0.717, 1.165) is 36.1 Å². The van der Waals surface area contributed by atoms with Crippen molar-refractivity contribution in [3.05, 3.63) is 52.3 Å². The predicted molar refractivity (Wildman–Crippen MR) is 144 cm³/mol. The van der Waals surface area contributed by atoms with Crippen LogP contribution < -0.4 is 5.32 Å². The normalized spacial score (nSPS) is 23.4. The summed E-state index contributed by atoms with van der Waals surface area (Å²) in [5.41, 5.74) is 5.17. The molecule has 0 bridgehead atoms. The lowest BCUT2D eigenvalue weighted by molar-refractivity contribution is -0.145.